The van der Waals surface area contributed by atoms with E-state index in [4.69, 9.17) is 10.2 Å². The van der Waals surface area contributed by atoms with Crippen LogP contribution in [0.25, 0.3) is 0 Å². The Kier molecular flexibility index (Phi) is 7.75. The Balaban J connectivity index is 3.81. The van der Waals surface area contributed by atoms with Gasteiger partial charge in [-0.15, -0.1) is 0 Å². The van der Waals surface area contributed by atoms with Crippen molar-refractivity contribution in [3.63, 3.8) is 0 Å². The molecule has 0 fully saturated rings. The van der Waals surface area contributed by atoms with Crippen molar-refractivity contribution in [2.75, 3.05) is 18.1 Å². The van der Waals surface area contributed by atoms with E-state index in [0.29, 0.717) is 11.5 Å². The van der Waals surface area contributed by atoms with Gasteiger partial charge >= 0.3 is 5.97 Å². The van der Waals surface area contributed by atoms with Crippen LogP contribution in [0.2, 0.25) is 0 Å². The maximum absolute atomic E-state index is 10.7. The van der Waals surface area contributed by atoms with Crippen molar-refractivity contribution >= 4 is 23.6 Å². The fourth-order valence-corrected chi connectivity index (χ4v) is 1.69. The summed E-state index contributed by atoms with van der Waals surface area (Å²) < 4.78 is 0. The van der Waals surface area contributed by atoms with E-state index in [1.807, 2.05) is 0 Å². The highest BCUT2D eigenvalue weighted by molar-refractivity contribution is 7.99. The van der Waals surface area contributed by atoms with Crippen molar-refractivity contribution < 1.29 is 19.8 Å². The number of aliphatic hydroxyl groups excluding tert-OH is 1. The van der Waals surface area contributed by atoms with Gasteiger partial charge in [0.1, 0.15) is 6.04 Å². The lowest BCUT2D eigenvalue weighted by Gasteiger charge is -2.11. The van der Waals surface area contributed by atoms with E-state index in [1.54, 1.807) is 12.2 Å². The van der Waals surface area contributed by atoms with E-state index < -0.39 is 12.0 Å². The standard InChI is InChI=1S/C9H15NO4S/c1-7(12)10-8(9(13)14)6-15-5-3-2-4-11/h2-3,8,11H,4-6H2,1H3,(H,10,12)(H,13,14). The summed E-state index contributed by atoms with van der Waals surface area (Å²) in [5, 5.41) is 19.5. The second kappa shape index (κ2) is 8.31. The fraction of sp³-hybridized carbons (Fsp3) is 0.556. The first-order chi connectivity index (χ1) is 7.07. The second-order valence-corrected chi connectivity index (χ2v) is 3.86. The van der Waals surface area contributed by atoms with Crippen molar-refractivity contribution in [3.05, 3.63) is 12.2 Å². The summed E-state index contributed by atoms with van der Waals surface area (Å²) in [5.74, 6) is -0.466. The minimum Gasteiger partial charge on any atom is -0.480 e. The molecule has 0 aliphatic heterocycles. The highest BCUT2D eigenvalue weighted by atomic mass is 32.2. The number of hydrogen-bond acceptors (Lipinski definition) is 4. The molecule has 0 heterocycles. The molecule has 6 heteroatoms. The number of carboxylic acids is 1. The lowest BCUT2D eigenvalue weighted by Crippen LogP contribution is -2.41. The quantitative estimate of drug-likeness (QED) is 0.421. The molecule has 0 saturated heterocycles. The number of hydrogen-bond donors (Lipinski definition) is 3. The van der Waals surface area contributed by atoms with Crippen LogP contribution in [-0.2, 0) is 9.59 Å². The van der Waals surface area contributed by atoms with E-state index in [1.165, 1.54) is 18.7 Å². The van der Waals surface area contributed by atoms with Crippen LogP contribution in [0.1, 0.15) is 6.92 Å². The van der Waals surface area contributed by atoms with Crippen LogP contribution >= 0.6 is 11.8 Å². The number of aliphatic carboxylic acids is 1. The van der Waals surface area contributed by atoms with E-state index >= 15 is 0 Å². The number of carbonyl (C=O) groups is 2. The van der Waals surface area contributed by atoms with Gasteiger partial charge in [-0.05, 0) is 0 Å². The van der Waals surface area contributed by atoms with Gasteiger partial charge < -0.3 is 15.5 Å². The Bertz CT molecular complexity index is 242. The summed E-state index contributed by atoms with van der Waals surface area (Å²) >= 11 is 1.38. The number of nitrogens with one attached hydrogen (secondary N) is 1. The smallest absolute Gasteiger partial charge is 0.327 e. The lowest BCUT2D eigenvalue weighted by atomic mass is 10.3. The van der Waals surface area contributed by atoms with Gasteiger partial charge in [0.25, 0.3) is 0 Å². The predicted molar refractivity (Wildman–Crippen MR) is 58.8 cm³/mol. The third kappa shape index (κ3) is 8.02. The Hall–Kier alpha value is -1.01. The molecule has 1 amide bonds. The normalized spacial score (nSPS) is 12.7. The van der Waals surface area contributed by atoms with Crippen LogP contribution in [0, 0.1) is 0 Å². The molecule has 0 aromatic carbocycles. The van der Waals surface area contributed by atoms with Gasteiger partial charge in [-0.25, -0.2) is 4.79 Å². The van der Waals surface area contributed by atoms with Gasteiger partial charge in [0.05, 0.1) is 6.61 Å². The molecule has 0 saturated carbocycles. The van der Waals surface area contributed by atoms with Crippen molar-refractivity contribution in [1.29, 1.82) is 0 Å². The average Bonchev–Trinajstić information content (AvgIpc) is 2.15. The minimum absolute atomic E-state index is 0.0192. The first-order valence-corrected chi connectivity index (χ1v) is 5.57. The molecule has 5 nitrogen and oxygen atoms in total. The predicted octanol–water partition coefficient (Wildman–Crippen LogP) is -0.143. The van der Waals surface area contributed by atoms with Crippen LogP contribution < -0.4 is 5.32 Å². The van der Waals surface area contributed by atoms with Gasteiger partial charge in [-0.2, -0.15) is 11.8 Å². The lowest BCUT2D eigenvalue weighted by molar-refractivity contribution is -0.140. The van der Waals surface area contributed by atoms with Gasteiger partial charge in [-0.1, -0.05) is 12.2 Å². The molecule has 0 aromatic rings. The Labute approximate surface area is 92.6 Å². The highest BCUT2D eigenvalue weighted by Crippen LogP contribution is 2.03. The van der Waals surface area contributed by atoms with Crippen LogP contribution in [0.5, 0.6) is 0 Å². The molecule has 0 aromatic heterocycles. The number of carboxylic acid groups (broad SMARTS) is 1. The topological polar surface area (TPSA) is 86.6 Å². The Morgan fingerprint density at radius 3 is 2.60 bits per heavy atom. The highest BCUT2D eigenvalue weighted by Gasteiger charge is 2.17. The molecule has 86 valence electrons. The number of carbonyl (C=O) groups excluding carboxylic acids is 1. The van der Waals surface area contributed by atoms with E-state index in [0.717, 1.165) is 0 Å². The first-order valence-electron chi connectivity index (χ1n) is 4.41. The zero-order valence-corrected chi connectivity index (χ0v) is 9.29. The van der Waals surface area contributed by atoms with E-state index in [9.17, 15) is 9.59 Å². The van der Waals surface area contributed by atoms with E-state index in [2.05, 4.69) is 5.32 Å². The molecule has 1 atom stereocenters. The zero-order valence-electron chi connectivity index (χ0n) is 8.47. The fourth-order valence-electron chi connectivity index (χ4n) is 0.817. The minimum atomic E-state index is -1.04. The Morgan fingerprint density at radius 1 is 1.47 bits per heavy atom. The third-order valence-electron chi connectivity index (χ3n) is 1.45. The van der Waals surface area contributed by atoms with Gasteiger partial charge in [0.15, 0.2) is 0 Å². The summed E-state index contributed by atoms with van der Waals surface area (Å²) in [6.07, 6.45) is 3.33. The number of aliphatic hydroxyl groups is 1. The molecule has 1 unspecified atom stereocenters. The van der Waals surface area contributed by atoms with Crippen LogP contribution in [-0.4, -0.2) is 46.2 Å². The Morgan fingerprint density at radius 2 is 2.13 bits per heavy atom. The monoisotopic (exact) mass is 233 g/mol. The average molecular weight is 233 g/mol. The number of rotatable bonds is 7. The molecule has 0 spiro atoms. The van der Waals surface area contributed by atoms with Gasteiger partial charge in [0, 0.05) is 18.4 Å². The van der Waals surface area contributed by atoms with Gasteiger partial charge in [0.2, 0.25) is 5.91 Å². The molecule has 0 bridgehead atoms. The second-order valence-electron chi connectivity index (χ2n) is 2.78. The van der Waals surface area contributed by atoms with Crippen LogP contribution in [0.15, 0.2) is 12.2 Å². The first kappa shape index (κ1) is 14.0. The number of thioether (sulfide) groups is 1. The SMILES string of the molecule is CC(=O)NC(CSCC=CCO)C(=O)O. The number of amides is 1. The largest absolute Gasteiger partial charge is 0.480 e. The van der Waals surface area contributed by atoms with Crippen molar-refractivity contribution in [3.8, 4) is 0 Å². The molecule has 3 N–H and O–H groups in total. The summed E-state index contributed by atoms with van der Waals surface area (Å²) in [6, 6.07) is -0.852. The molecule has 0 radical (unpaired) electrons. The summed E-state index contributed by atoms with van der Waals surface area (Å²) in [4.78, 5) is 21.3. The molecular weight excluding hydrogens is 218 g/mol. The summed E-state index contributed by atoms with van der Waals surface area (Å²) in [6.45, 7) is 1.26. The van der Waals surface area contributed by atoms with Gasteiger partial charge in [-0.3, -0.25) is 4.79 Å². The molecular formula is C9H15NO4S. The maximum atomic E-state index is 10.7. The zero-order chi connectivity index (χ0) is 11.7. The van der Waals surface area contributed by atoms with E-state index in [-0.39, 0.29) is 12.5 Å². The van der Waals surface area contributed by atoms with Crippen molar-refractivity contribution in [2.24, 2.45) is 0 Å². The van der Waals surface area contributed by atoms with Crippen molar-refractivity contribution in [2.45, 2.75) is 13.0 Å². The van der Waals surface area contributed by atoms with Crippen LogP contribution in [0.4, 0.5) is 0 Å². The maximum Gasteiger partial charge on any atom is 0.327 e. The third-order valence-corrected chi connectivity index (χ3v) is 2.44. The molecule has 0 rings (SSSR count). The summed E-state index contributed by atoms with van der Waals surface area (Å²) in [5.41, 5.74) is 0. The van der Waals surface area contributed by atoms with Crippen molar-refractivity contribution in [1.82, 2.24) is 5.32 Å². The summed E-state index contributed by atoms with van der Waals surface area (Å²) in [7, 11) is 0. The molecule has 0 aliphatic rings. The van der Waals surface area contributed by atoms with Crippen LogP contribution in [0.3, 0.4) is 0 Å². The molecule has 15 heavy (non-hydrogen) atoms. The molecule has 0 aliphatic carbocycles.